The Labute approximate surface area is 88.5 Å². The summed E-state index contributed by atoms with van der Waals surface area (Å²) in [5.41, 5.74) is 0.685. The number of carbonyl (C=O) groups is 1. The zero-order chi connectivity index (χ0) is 11.1. The molecule has 0 saturated heterocycles. The Morgan fingerprint density at radius 2 is 2.40 bits per heavy atom. The fourth-order valence-corrected chi connectivity index (χ4v) is 1.01. The van der Waals surface area contributed by atoms with E-state index in [2.05, 4.69) is 4.98 Å². The van der Waals surface area contributed by atoms with Crippen LogP contribution in [0, 0.1) is 11.3 Å². The molecule has 0 spiro atoms. The Morgan fingerprint density at radius 3 is 3.07 bits per heavy atom. The number of nitriles is 1. The highest BCUT2D eigenvalue weighted by Crippen LogP contribution is 2.04. The number of esters is 1. The van der Waals surface area contributed by atoms with Gasteiger partial charge in [0.05, 0.1) is 17.7 Å². The van der Waals surface area contributed by atoms with E-state index in [1.54, 1.807) is 0 Å². The van der Waals surface area contributed by atoms with Crippen molar-refractivity contribution in [3.8, 4) is 6.07 Å². The number of unbranched alkanes of at least 4 members (excludes halogenated alkanes) is 1. The van der Waals surface area contributed by atoms with Crippen LogP contribution < -0.4 is 0 Å². The summed E-state index contributed by atoms with van der Waals surface area (Å²) in [6.07, 6.45) is 4.62. The third kappa shape index (κ3) is 3.39. The van der Waals surface area contributed by atoms with Crippen LogP contribution in [0.2, 0.25) is 0 Å². The van der Waals surface area contributed by atoms with Gasteiger partial charge in [-0.05, 0) is 12.5 Å². The lowest BCUT2D eigenvalue weighted by molar-refractivity contribution is 0.0499. The molecule has 0 aromatic carbocycles. The molecule has 0 bridgehead atoms. The molecule has 0 fully saturated rings. The predicted octanol–water partition coefficient (Wildman–Crippen LogP) is 1.91. The van der Waals surface area contributed by atoms with E-state index in [1.165, 1.54) is 18.5 Å². The quantitative estimate of drug-likeness (QED) is 0.555. The maximum atomic E-state index is 11.4. The van der Waals surface area contributed by atoms with Crippen LogP contribution in [0.4, 0.5) is 0 Å². The minimum atomic E-state index is -0.423. The minimum absolute atomic E-state index is 0.324. The van der Waals surface area contributed by atoms with Gasteiger partial charge in [-0.3, -0.25) is 4.98 Å². The summed E-state index contributed by atoms with van der Waals surface area (Å²) in [6.45, 7) is 2.43. The molecular weight excluding hydrogens is 192 g/mol. The average molecular weight is 204 g/mol. The number of carbonyl (C=O) groups excluding carboxylic acids is 1. The average Bonchev–Trinajstić information content (AvgIpc) is 2.29. The SMILES string of the molecule is CCCCOC(=O)c1cncc(C#N)c1. The minimum Gasteiger partial charge on any atom is -0.462 e. The molecule has 1 heterocycles. The molecule has 15 heavy (non-hydrogen) atoms. The molecule has 0 radical (unpaired) electrons. The third-order valence-corrected chi connectivity index (χ3v) is 1.83. The van der Waals surface area contributed by atoms with E-state index < -0.39 is 5.97 Å². The number of pyridine rings is 1. The first kappa shape index (κ1) is 11.2. The van der Waals surface area contributed by atoms with Crippen molar-refractivity contribution in [2.75, 3.05) is 6.61 Å². The van der Waals surface area contributed by atoms with Crippen LogP contribution in [0.1, 0.15) is 35.7 Å². The van der Waals surface area contributed by atoms with E-state index >= 15 is 0 Å². The fraction of sp³-hybridized carbons (Fsp3) is 0.364. The van der Waals surface area contributed by atoms with Crippen LogP contribution in [-0.2, 0) is 4.74 Å². The van der Waals surface area contributed by atoms with E-state index in [1.807, 2.05) is 13.0 Å². The van der Waals surface area contributed by atoms with Crippen molar-refractivity contribution >= 4 is 5.97 Å². The molecule has 0 aliphatic carbocycles. The zero-order valence-corrected chi connectivity index (χ0v) is 8.56. The van der Waals surface area contributed by atoms with Gasteiger partial charge in [-0.2, -0.15) is 5.26 Å². The van der Waals surface area contributed by atoms with Gasteiger partial charge in [-0.25, -0.2) is 4.79 Å². The summed E-state index contributed by atoms with van der Waals surface area (Å²) in [6, 6.07) is 3.39. The molecule has 1 aromatic rings. The molecule has 78 valence electrons. The molecule has 4 nitrogen and oxygen atoms in total. The van der Waals surface area contributed by atoms with Crippen LogP contribution in [-0.4, -0.2) is 17.6 Å². The highest BCUT2D eigenvalue weighted by Gasteiger charge is 2.07. The Hall–Kier alpha value is -1.89. The van der Waals surface area contributed by atoms with E-state index in [9.17, 15) is 4.79 Å². The second kappa shape index (κ2) is 5.76. The Kier molecular flexibility index (Phi) is 4.30. The molecule has 0 amide bonds. The first-order chi connectivity index (χ1) is 7.27. The number of nitrogens with zero attached hydrogens (tertiary/aromatic N) is 2. The number of rotatable bonds is 4. The van der Waals surface area contributed by atoms with Crippen molar-refractivity contribution in [3.63, 3.8) is 0 Å². The molecule has 0 aliphatic heterocycles. The molecule has 1 rings (SSSR count). The molecule has 0 aliphatic rings. The summed E-state index contributed by atoms with van der Waals surface area (Å²) in [5, 5.41) is 8.62. The second-order valence-electron chi connectivity index (χ2n) is 3.06. The van der Waals surface area contributed by atoms with Crippen molar-refractivity contribution in [3.05, 3.63) is 29.6 Å². The standard InChI is InChI=1S/C11H12N2O2/c1-2-3-4-15-11(14)10-5-9(6-12)7-13-8-10/h5,7-8H,2-4H2,1H3. The number of ether oxygens (including phenoxy) is 1. The second-order valence-corrected chi connectivity index (χ2v) is 3.06. The highest BCUT2D eigenvalue weighted by atomic mass is 16.5. The molecule has 4 heteroatoms. The van der Waals surface area contributed by atoms with Gasteiger partial charge < -0.3 is 4.74 Å². The Morgan fingerprint density at radius 1 is 1.60 bits per heavy atom. The van der Waals surface area contributed by atoms with Crippen LogP contribution >= 0.6 is 0 Å². The molecule has 0 N–H and O–H groups in total. The molecule has 0 atom stereocenters. The van der Waals surface area contributed by atoms with Gasteiger partial charge in [0.25, 0.3) is 0 Å². The van der Waals surface area contributed by atoms with Crippen LogP contribution in [0.3, 0.4) is 0 Å². The van der Waals surface area contributed by atoms with Gasteiger partial charge in [0.15, 0.2) is 0 Å². The molecule has 0 saturated carbocycles. The lowest BCUT2D eigenvalue weighted by atomic mass is 10.2. The van der Waals surface area contributed by atoms with Crippen molar-refractivity contribution in [2.24, 2.45) is 0 Å². The normalized spacial score (nSPS) is 9.33. The van der Waals surface area contributed by atoms with Crippen LogP contribution in [0.15, 0.2) is 18.5 Å². The highest BCUT2D eigenvalue weighted by molar-refractivity contribution is 5.89. The molecule has 1 aromatic heterocycles. The smallest absolute Gasteiger partial charge is 0.339 e. The topological polar surface area (TPSA) is 63.0 Å². The maximum Gasteiger partial charge on any atom is 0.339 e. The Bertz CT molecular complexity index is 382. The van der Waals surface area contributed by atoms with Crippen molar-refractivity contribution in [1.82, 2.24) is 4.98 Å². The van der Waals surface area contributed by atoms with E-state index in [0.29, 0.717) is 17.7 Å². The van der Waals surface area contributed by atoms with Gasteiger partial charge >= 0.3 is 5.97 Å². The number of hydrogen-bond acceptors (Lipinski definition) is 4. The van der Waals surface area contributed by atoms with Crippen LogP contribution in [0.5, 0.6) is 0 Å². The third-order valence-electron chi connectivity index (χ3n) is 1.83. The monoisotopic (exact) mass is 204 g/mol. The van der Waals surface area contributed by atoms with Crippen molar-refractivity contribution < 1.29 is 9.53 Å². The summed E-state index contributed by atoms with van der Waals surface area (Å²) < 4.78 is 4.98. The largest absolute Gasteiger partial charge is 0.462 e. The molecular formula is C11H12N2O2. The first-order valence-corrected chi connectivity index (χ1v) is 4.80. The van der Waals surface area contributed by atoms with E-state index in [4.69, 9.17) is 10.00 Å². The maximum absolute atomic E-state index is 11.4. The lowest BCUT2D eigenvalue weighted by Gasteiger charge is -2.02. The van der Waals surface area contributed by atoms with E-state index in [-0.39, 0.29) is 0 Å². The fourth-order valence-electron chi connectivity index (χ4n) is 1.01. The summed E-state index contributed by atoms with van der Waals surface area (Å²) in [7, 11) is 0. The first-order valence-electron chi connectivity index (χ1n) is 4.80. The lowest BCUT2D eigenvalue weighted by Crippen LogP contribution is -2.06. The van der Waals surface area contributed by atoms with Gasteiger partial charge in [0, 0.05) is 12.4 Å². The van der Waals surface area contributed by atoms with Crippen molar-refractivity contribution in [2.45, 2.75) is 19.8 Å². The summed E-state index contributed by atoms with van der Waals surface area (Å²) in [4.78, 5) is 15.2. The predicted molar refractivity (Wildman–Crippen MR) is 54.1 cm³/mol. The van der Waals surface area contributed by atoms with Gasteiger partial charge in [-0.15, -0.1) is 0 Å². The van der Waals surface area contributed by atoms with Gasteiger partial charge in [0.1, 0.15) is 6.07 Å². The van der Waals surface area contributed by atoms with E-state index in [0.717, 1.165) is 12.8 Å². The van der Waals surface area contributed by atoms with Crippen molar-refractivity contribution in [1.29, 1.82) is 5.26 Å². The van der Waals surface area contributed by atoms with Crippen LogP contribution in [0.25, 0.3) is 0 Å². The summed E-state index contributed by atoms with van der Waals surface area (Å²) >= 11 is 0. The van der Waals surface area contributed by atoms with Gasteiger partial charge in [0.2, 0.25) is 0 Å². The van der Waals surface area contributed by atoms with Gasteiger partial charge in [-0.1, -0.05) is 13.3 Å². The number of aromatic nitrogens is 1. The number of hydrogen-bond donors (Lipinski definition) is 0. The Balaban J connectivity index is 2.62. The zero-order valence-electron chi connectivity index (χ0n) is 8.56. The summed E-state index contributed by atoms with van der Waals surface area (Å²) in [5.74, 6) is -0.423. The molecule has 0 unspecified atom stereocenters.